The summed E-state index contributed by atoms with van der Waals surface area (Å²) >= 11 is 5.99. The van der Waals surface area contributed by atoms with Crippen molar-refractivity contribution in [1.29, 1.82) is 0 Å². The van der Waals surface area contributed by atoms with Gasteiger partial charge in [-0.25, -0.2) is 12.8 Å². The van der Waals surface area contributed by atoms with Gasteiger partial charge in [0.25, 0.3) is 11.8 Å². The summed E-state index contributed by atoms with van der Waals surface area (Å²) in [6.07, 6.45) is 0. The summed E-state index contributed by atoms with van der Waals surface area (Å²) in [5.74, 6) is -2.07. The molecular formula is C23H27ClFN3O6S. The van der Waals surface area contributed by atoms with Gasteiger partial charge in [-0.15, -0.1) is 0 Å². The first kappa shape index (κ1) is 26.9. The zero-order valence-electron chi connectivity index (χ0n) is 19.1. The summed E-state index contributed by atoms with van der Waals surface area (Å²) < 4.78 is 44.9. The van der Waals surface area contributed by atoms with Gasteiger partial charge in [0, 0.05) is 42.8 Å². The van der Waals surface area contributed by atoms with Gasteiger partial charge in [0.2, 0.25) is 10.0 Å². The zero-order valence-corrected chi connectivity index (χ0v) is 20.7. The van der Waals surface area contributed by atoms with E-state index in [4.69, 9.17) is 21.4 Å². The Kier molecular flexibility index (Phi) is 9.06. The minimum atomic E-state index is -4.11. The van der Waals surface area contributed by atoms with Crippen LogP contribution in [-0.4, -0.2) is 74.0 Å². The highest BCUT2D eigenvalue weighted by Crippen LogP contribution is 2.25. The van der Waals surface area contributed by atoms with Crippen molar-refractivity contribution < 1.29 is 32.2 Å². The zero-order chi connectivity index (χ0) is 25.6. The first-order chi connectivity index (χ1) is 16.6. The molecule has 0 aromatic heterocycles. The number of nitrogens with zero attached hydrogens (tertiary/aromatic N) is 2. The van der Waals surface area contributed by atoms with Crippen LogP contribution in [0.15, 0.2) is 42.5 Å². The van der Waals surface area contributed by atoms with Crippen LogP contribution in [0.5, 0.6) is 5.75 Å². The first-order valence-corrected chi connectivity index (χ1v) is 12.9. The fraction of sp³-hybridized carbons (Fsp3) is 0.391. The van der Waals surface area contributed by atoms with Crippen LogP contribution in [0.2, 0.25) is 5.02 Å². The van der Waals surface area contributed by atoms with Gasteiger partial charge in [-0.1, -0.05) is 23.7 Å². The molecule has 0 saturated carbocycles. The molecular weight excluding hydrogens is 501 g/mol. The van der Waals surface area contributed by atoms with E-state index in [0.29, 0.717) is 26.2 Å². The molecule has 2 amide bonds. The lowest BCUT2D eigenvalue weighted by molar-refractivity contribution is -0.138. The van der Waals surface area contributed by atoms with Crippen LogP contribution in [0.4, 0.5) is 4.39 Å². The molecule has 1 saturated heterocycles. The van der Waals surface area contributed by atoms with E-state index in [0.717, 1.165) is 5.56 Å². The van der Waals surface area contributed by atoms with Crippen molar-refractivity contribution in [1.82, 2.24) is 14.5 Å². The van der Waals surface area contributed by atoms with Gasteiger partial charge in [0.15, 0.2) is 6.61 Å². The third-order valence-electron chi connectivity index (χ3n) is 5.48. The number of nitrogens with one attached hydrogen (secondary N) is 1. The molecule has 190 valence electrons. The number of amides is 2. The van der Waals surface area contributed by atoms with E-state index in [-0.39, 0.29) is 40.7 Å². The number of piperazine rings is 1. The molecule has 35 heavy (non-hydrogen) atoms. The van der Waals surface area contributed by atoms with Crippen molar-refractivity contribution in [2.24, 2.45) is 0 Å². The summed E-state index contributed by atoms with van der Waals surface area (Å²) in [7, 11) is -4.11. The monoisotopic (exact) mass is 527 g/mol. The predicted octanol–water partition coefficient (Wildman–Crippen LogP) is 1.53. The second-order valence-corrected chi connectivity index (χ2v) is 10.4. The Labute approximate surface area is 208 Å². The Bertz CT molecular complexity index is 1160. The summed E-state index contributed by atoms with van der Waals surface area (Å²) in [4.78, 5) is 28.0. The molecule has 1 heterocycles. The fourth-order valence-electron chi connectivity index (χ4n) is 3.87. The van der Waals surface area contributed by atoms with Gasteiger partial charge in [-0.2, -0.15) is 0 Å². The largest absolute Gasteiger partial charge is 0.483 e. The van der Waals surface area contributed by atoms with E-state index >= 15 is 0 Å². The Morgan fingerprint density at radius 1 is 1.20 bits per heavy atom. The van der Waals surface area contributed by atoms with Gasteiger partial charge in [0.1, 0.15) is 18.2 Å². The molecule has 0 bridgehead atoms. The van der Waals surface area contributed by atoms with Crippen LogP contribution in [0.3, 0.4) is 0 Å². The van der Waals surface area contributed by atoms with Gasteiger partial charge in [0.05, 0.1) is 5.75 Å². The number of carbonyl (C=O) groups excluding carboxylic acids is 2. The maximum atomic E-state index is 13.1. The highest BCUT2D eigenvalue weighted by Gasteiger charge is 2.28. The maximum Gasteiger partial charge on any atom is 0.260 e. The summed E-state index contributed by atoms with van der Waals surface area (Å²) in [6, 6.07) is 10.6. The van der Waals surface area contributed by atoms with Gasteiger partial charge >= 0.3 is 0 Å². The van der Waals surface area contributed by atoms with Crippen molar-refractivity contribution in [3.8, 4) is 5.75 Å². The Hall–Kier alpha value is -2.73. The van der Waals surface area contributed by atoms with E-state index in [1.165, 1.54) is 30.3 Å². The van der Waals surface area contributed by atoms with Crippen molar-refractivity contribution in [2.75, 3.05) is 32.8 Å². The SMILES string of the molecule is C[C@@H]1CN(Cc2ccc(F)cc2)CCN1C(=O)COc1ccc(Cl)cc1CS(=O)(=O)NC(=O)CO. The molecule has 0 spiro atoms. The highest BCUT2D eigenvalue weighted by molar-refractivity contribution is 7.89. The number of aliphatic hydroxyl groups is 1. The summed E-state index contributed by atoms with van der Waals surface area (Å²) in [5.41, 5.74) is 1.16. The van der Waals surface area contributed by atoms with E-state index in [1.807, 2.05) is 6.92 Å². The van der Waals surface area contributed by atoms with Gasteiger partial charge < -0.3 is 14.7 Å². The minimum Gasteiger partial charge on any atom is -0.483 e. The van der Waals surface area contributed by atoms with Crippen LogP contribution >= 0.6 is 11.6 Å². The summed E-state index contributed by atoms with van der Waals surface area (Å²) in [5, 5.41) is 9.03. The molecule has 2 aromatic carbocycles. The molecule has 3 rings (SSSR count). The van der Waals surface area contributed by atoms with Crippen LogP contribution in [0, 0.1) is 5.82 Å². The number of rotatable bonds is 9. The molecule has 1 atom stereocenters. The van der Waals surface area contributed by atoms with E-state index in [2.05, 4.69) is 4.90 Å². The molecule has 2 aromatic rings. The number of benzene rings is 2. The van der Waals surface area contributed by atoms with Crippen LogP contribution in [0.25, 0.3) is 0 Å². The molecule has 12 heteroatoms. The summed E-state index contributed by atoms with van der Waals surface area (Å²) in [6.45, 7) is 3.07. The topological polar surface area (TPSA) is 116 Å². The third kappa shape index (κ3) is 7.89. The maximum absolute atomic E-state index is 13.1. The molecule has 0 unspecified atom stereocenters. The van der Waals surface area contributed by atoms with Crippen molar-refractivity contribution in [3.05, 3.63) is 64.4 Å². The van der Waals surface area contributed by atoms with Crippen molar-refractivity contribution in [2.45, 2.75) is 25.3 Å². The average molecular weight is 528 g/mol. The molecule has 1 fully saturated rings. The fourth-order valence-corrected chi connectivity index (χ4v) is 5.18. The quantitative estimate of drug-likeness (QED) is 0.508. The molecule has 9 nitrogen and oxygen atoms in total. The standard InChI is InChI=1S/C23H27ClFN3O6S/c1-16-11-27(12-17-2-5-20(25)6-3-17)8-9-28(16)23(31)14-34-21-7-4-19(24)10-18(21)15-35(32,33)26-22(30)13-29/h2-7,10,16,29H,8-9,11-15H2,1H3,(H,26,30)/t16-/m1/s1. The van der Waals surface area contributed by atoms with E-state index < -0.39 is 28.3 Å². The minimum absolute atomic E-state index is 0.0842. The number of aliphatic hydroxyl groups excluding tert-OH is 1. The lowest BCUT2D eigenvalue weighted by atomic mass is 10.1. The van der Waals surface area contributed by atoms with Crippen molar-refractivity contribution >= 4 is 33.4 Å². The smallest absolute Gasteiger partial charge is 0.260 e. The number of hydrogen-bond acceptors (Lipinski definition) is 7. The molecule has 0 aliphatic carbocycles. The number of halogens is 2. The lowest BCUT2D eigenvalue weighted by Crippen LogP contribution is -2.54. The van der Waals surface area contributed by atoms with Gasteiger partial charge in [-0.05, 0) is 42.8 Å². The van der Waals surface area contributed by atoms with Crippen LogP contribution in [-0.2, 0) is 31.9 Å². The Balaban J connectivity index is 1.58. The number of hydrogen-bond donors (Lipinski definition) is 2. The normalized spacial score (nSPS) is 16.7. The second-order valence-electron chi connectivity index (χ2n) is 8.28. The second kappa shape index (κ2) is 11.8. The van der Waals surface area contributed by atoms with Gasteiger partial charge in [-0.3, -0.25) is 19.2 Å². The van der Waals surface area contributed by atoms with E-state index in [9.17, 15) is 22.4 Å². The molecule has 1 aliphatic heterocycles. The number of ether oxygens (including phenoxy) is 1. The van der Waals surface area contributed by atoms with E-state index in [1.54, 1.807) is 21.8 Å². The lowest BCUT2D eigenvalue weighted by Gasteiger charge is -2.39. The first-order valence-electron chi connectivity index (χ1n) is 10.9. The molecule has 2 N–H and O–H groups in total. The van der Waals surface area contributed by atoms with Crippen LogP contribution in [0.1, 0.15) is 18.1 Å². The average Bonchev–Trinajstić information content (AvgIpc) is 2.79. The number of sulfonamides is 1. The number of carbonyl (C=O) groups is 2. The Morgan fingerprint density at radius 2 is 1.91 bits per heavy atom. The third-order valence-corrected chi connectivity index (χ3v) is 6.95. The highest BCUT2D eigenvalue weighted by atomic mass is 35.5. The van der Waals surface area contributed by atoms with Crippen LogP contribution < -0.4 is 9.46 Å². The van der Waals surface area contributed by atoms with Crippen molar-refractivity contribution in [3.63, 3.8) is 0 Å². The Morgan fingerprint density at radius 3 is 2.57 bits per heavy atom. The predicted molar refractivity (Wildman–Crippen MR) is 128 cm³/mol. The molecule has 0 radical (unpaired) electrons. The molecule has 1 aliphatic rings.